The van der Waals surface area contributed by atoms with Crippen molar-refractivity contribution in [2.45, 2.75) is 13.0 Å². The number of carbonyl (C=O) groups excluding carboxylic acids is 3. The monoisotopic (exact) mass is 355 g/mol. The summed E-state index contributed by atoms with van der Waals surface area (Å²) in [6.07, 6.45) is -0.985. The number of nitrogens with zero attached hydrogens (tertiary/aromatic N) is 1. The molecule has 0 aliphatic rings. The second kappa shape index (κ2) is 8.15. The van der Waals surface area contributed by atoms with Crippen LogP contribution in [0.25, 0.3) is 0 Å². The molecule has 2 aromatic rings. The van der Waals surface area contributed by atoms with Crippen molar-refractivity contribution in [3.63, 3.8) is 0 Å². The smallest absolute Gasteiger partial charge is 0.338 e. The lowest BCUT2D eigenvalue weighted by molar-refractivity contribution is -0.123. The zero-order chi connectivity index (χ0) is 19.3. The molecule has 1 atom stereocenters. The average Bonchev–Trinajstić information content (AvgIpc) is 2.62. The maximum Gasteiger partial charge on any atom is 0.338 e. The fraction of sp³-hybridized carbons (Fsp3) is 0.211. The zero-order valence-corrected chi connectivity index (χ0v) is 14.9. The number of carbonyl (C=O) groups is 3. The molecule has 0 spiro atoms. The maximum absolute atomic E-state index is 12.2. The van der Waals surface area contributed by atoms with E-state index in [1.54, 1.807) is 30.3 Å². The van der Waals surface area contributed by atoms with Crippen LogP contribution in [-0.2, 0) is 9.53 Å². The van der Waals surface area contributed by atoms with E-state index in [1.807, 2.05) is 25.1 Å². The average molecular weight is 355 g/mol. The van der Waals surface area contributed by atoms with E-state index in [1.165, 1.54) is 19.1 Å². The molecule has 0 aliphatic heterocycles. The number of anilines is 2. The molecule has 0 unspecified atom stereocenters. The molecule has 0 fully saturated rings. The first-order valence-electron chi connectivity index (χ1n) is 7.97. The first kappa shape index (κ1) is 19.0. The van der Waals surface area contributed by atoms with E-state index in [4.69, 9.17) is 10.5 Å². The molecular weight excluding hydrogens is 334 g/mol. The van der Waals surface area contributed by atoms with E-state index in [-0.39, 0.29) is 0 Å². The Hall–Kier alpha value is -3.35. The van der Waals surface area contributed by atoms with Gasteiger partial charge in [0.2, 0.25) is 5.91 Å². The summed E-state index contributed by atoms with van der Waals surface area (Å²) in [4.78, 5) is 37.3. The van der Waals surface area contributed by atoms with Crippen molar-refractivity contribution >= 4 is 29.2 Å². The molecule has 0 aliphatic carbocycles. The number of hydrogen-bond donors (Lipinski definition) is 2. The first-order valence-corrected chi connectivity index (χ1v) is 7.97. The summed E-state index contributed by atoms with van der Waals surface area (Å²) in [6.45, 7) is 1.49. The van der Waals surface area contributed by atoms with Crippen molar-refractivity contribution in [2.75, 3.05) is 24.3 Å². The Morgan fingerprint density at radius 3 is 2.27 bits per heavy atom. The van der Waals surface area contributed by atoms with Gasteiger partial charge in [0.1, 0.15) is 0 Å². The van der Waals surface area contributed by atoms with Crippen LogP contribution < -0.4 is 16.0 Å². The molecule has 0 saturated carbocycles. The molecule has 7 heteroatoms. The van der Waals surface area contributed by atoms with E-state index in [0.717, 1.165) is 5.69 Å². The van der Waals surface area contributed by atoms with Gasteiger partial charge in [-0.2, -0.15) is 0 Å². The highest BCUT2D eigenvalue weighted by Gasteiger charge is 2.19. The van der Waals surface area contributed by atoms with Gasteiger partial charge in [-0.3, -0.25) is 9.59 Å². The van der Waals surface area contributed by atoms with Gasteiger partial charge in [0, 0.05) is 31.0 Å². The number of primary amides is 1. The zero-order valence-electron chi connectivity index (χ0n) is 14.9. The number of ether oxygens (including phenoxy) is 1. The summed E-state index contributed by atoms with van der Waals surface area (Å²) in [5, 5.41) is 2.62. The van der Waals surface area contributed by atoms with Gasteiger partial charge in [0.15, 0.2) is 6.10 Å². The quantitative estimate of drug-likeness (QED) is 0.772. The van der Waals surface area contributed by atoms with Crippen LogP contribution in [-0.4, -0.2) is 38.0 Å². The minimum Gasteiger partial charge on any atom is -0.449 e. The van der Waals surface area contributed by atoms with E-state index in [2.05, 4.69) is 5.32 Å². The lowest BCUT2D eigenvalue weighted by Gasteiger charge is -2.16. The summed E-state index contributed by atoms with van der Waals surface area (Å²) in [5.41, 5.74) is 7.19. The minimum absolute atomic E-state index is 0.336. The van der Waals surface area contributed by atoms with Crippen molar-refractivity contribution in [3.05, 3.63) is 59.7 Å². The molecule has 0 heterocycles. The normalized spacial score (nSPS) is 11.3. The van der Waals surface area contributed by atoms with Crippen LogP contribution in [0.15, 0.2) is 48.5 Å². The standard InChI is InChI=1S/C19H21N3O4/c1-12(18(24)21-15-9-7-13(8-10-15)17(20)23)26-19(25)14-5-4-6-16(11-14)22(2)3/h4-12H,1-3H3,(H2,20,23)(H,21,24)/t12-/m0/s1. The summed E-state index contributed by atoms with van der Waals surface area (Å²) < 4.78 is 5.22. The van der Waals surface area contributed by atoms with Crippen LogP contribution in [0.3, 0.4) is 0 Å². The molecule has 26 heavy (non-hydrogen) atoms. The van der Waals surface area contributed by atoms with E-state index in [0.29, 0.717) is 16.8 Å². The van der Waals surface area contributed by atoms with Crippen molar-refractivity contribution < 1.29 is 19.1 Å². The molecule has 7 nitrogen and oxygen atoms in total. The number of nitrogens with one attached hydrogen (secondary N) is 1. The molecule has 2 amide bonds. The molecular formula is C19H21N3O4. The number of amides is 2. The third kappa shape index (κ3) is 4.83. The predicted molar refractivity (Wildman–Crippen MR) is 99.2 cm³/mol. The van der Waals surface area contributed by atoms with Gasteiger partial charge >= 0.3 is 5.97 Å². The van der Waals surface area contributed by atoms with Crippen molar-refractivity contribution in [1.82, 2.24) is 0 Å². The first-order chi connectivity index (χ1) is 12.3. The Morgan fingerprint density at radius 1 is 1.04 bits per heavy atom. The van der Waals surface area contributed by atoms with Gasteiger partial charge in [0.25, 0.3) is 5.91 Å². The lowest BCUT2D eigenvalue weighted by Crippen LogP contribution is -2.30. The second-order valence-electron chi connectivity index (χ2n) is 5.92. The highest BCUT2D eigenvalue weighted by Crippen LogP contribution is 2.15. The Morgan fingerprint density at radius 2 is 1.69 bits per heavy atom. The molecule has 136 valence electrons. The largest absolute Gasteiger partial charge is 0.449 e. The molecule has 0 saturated heterocycles. The minimum atomic E-state index is -0.985. The summed E-state index contributed by atoms with van der Waals surface area (Å²) >= 11 is 0. The topological polar surface area (TPSA) is 102 Å². The number of hydrogen-bond acceptors (Lipinski definition) is 5. The molecule has 2 aromatic carbocycles. The second-order valence-corrected chi connectivity index (χ2v) is 5.92. The Bertz CT molecular complexity index is 816. The SMILES string of the molecule is C[C@H](OC(=O)c1cccc(N(C)C)c1)C(=O)Nc1ccc(C(N)=O)cc1. The molecule has 2 rings (SSSR count). The van der Waals surface area contributed by atoms with Crippen LogP contribution in [0.5, 0.6) is 0 Å². The fourth-order valence-corrected chi connectivity index (χ4v) is 2.15. The van der Waals surface area contributed by atoms with Gasteiger partial charge in [-0.25, -0.2) is 4.79 Å². The molecule has 3 N–H and O–H groups in total. The summed E-state index contributed by atoms with van der Waals surface area (Å²) in [5.74, 6) is -1.61. The number of nitrogens with two attached hydrogens (primary N) is 1. The highest BCUT2D eigenvalue weighted by molar-refractivity contribution is 5.98. The van der Waals surface area contributed by atoms with Crippen molar-refractivity contribution in [1.29, 1.82) is 0 Å². The van der Waals surface area contributed by atoms with Gasteiger partial charge in [0.05, 0.1) is 5.56 Å². The van der Waals surface area contributed by atoms with Gasteiger partial charge < -0.3 is 20.7 Å². The van der Waals surface area contributed by atoms with Gasteiger partial charge in [-0.05, 0) is 49.4 Å². The van der Waals surface area contributed by atoms with Crippen LogP contribution in [0, 0.1) is 0 Å². The summed E-state index contributed by atoms with van der Waals surface area (Å²) in [6, 6.07) is 13.0. The Labute approximate surface area is 151 Å². The van der Waals surface area contributed by atoms with E-state index >= 15 is 0 Å². The van der Waals surface area contributed by atoms with Crippen LogP contribution in [0.4, 0.5) is 11.4 Å². The maximum atomic E-state index is 12.2. The highest BCUT2D eigenvalue weighted by atomic mass is 16.5. The van der Waals surface area contributed by atoms with Crippen molar-refractivity contribution in [2.24, 2.45) is 5.73 Å². The van der Waals surface area contributed by atoms with E-state index < -0.39 is 23.9 Å². The van der Waals surface area contributed by atoms with Gasteiger partial charge in [-0.1, -0.05) is 6.07 Å². The Balaban J connectivity index is 1.98. The summed E-state index contributed by atoms with van der Waals surface area (Å²) in [7, 11) is 3.73. The van der Waals surface area contributed by atoms with Crippen LogP contribution >= 0.6 is 0 Å². The lowest BCUT2D eigenvalue weighted by atomic mass is 10.2. The van der Waals surface area contributed by atoms with Gasteiger partial charge in [-0.15, -0.1) is 0 Å². The third-order valence-corrected chi connectivity index (χ3v) is 3.69. The van der Waals surface area contributed by atoms with Crippen LogP contribution in [0.2, 0.25) is 0 Å². The van der Waals surface area contributed by atoms with Crippen molar-refractivity contribution in [3.8, 4) is 0 Å². The predicted octanol–water partition coefficient (Wildman–Crippen LogP) is 2.04. The molecule has 0 radical (unpaired) electrons. The number of benzene rings is 2. The number of rotatable bonds is 6. The Kier molecular flexibility index (Phi) is 5.95. The number of esters is 1. The van der Waals surface area contributed by atoms with Crippen LogP contribution in [0.1, 0.15) is 27.6 Å². The fourth-order valence-electron chi connectivity index (χ4n) is 2.15. The van der Waals surface area contributed by atoms with E-state index in [9.17, 15) is 14.4 Å². The third-order valence-electron chi connectivity index (χ3n) is 3.69. The molecule has 0 aromatic heterocycles. The molecule has 0 bridgehead atoms.